The Balaban J connectivity index is 1.94. The minimum absolute atomic E-state index is 0.600. The van der Waals surface area contributed by atoms with Crippen LogP contribution < -0.4 is 10.6 Å². The maximum absolute atomic E-state index is 6.00. The standard InChI is InChI=1S/C17H27N3/c1-12-10-13(2)19-17(15(12)11-18)20-9-5-8-16(20)14-6-3-4-7-14/h10,14,16H,3-9,11,18H2,1-2H3. The predicted molar refractivity (Wildman–Crippen MR) is 83.9 cm³/mol. The molecule has 0 radical (unpaired) electrons. The largest absolute Gasteiger partial charge is 0.353 e. The van der Waals surface area contributed by atoms with Gasteiger partial charge in [-0.25, -0.2) is 4.98 Å². The first kappa shape index (κ1) is 13.9. The number of anilines is 1. The molecule has 0 spiro atoms. The van der Waals surface area contributed by atoms with Crippen LogP contribution in [0.15, 0.2) is 6.07 Å². The van der Waals surface area contributed by atoms with Crippen molar-refractivity contribution in [2.75, 3.05) is 11.4 Å². The zero-order chi connectivity index (χ0) is 14.1. The molecule has 1 aliphatic heterocycles. The summed E-state index contributed by atoms with van der Waals surface area (Å²) in [6.45, 7) is 6.02. The van der Waals surface area contributed by atoms with Gasteiger partial charge in [-0.3, -0.25) is 0 Å². The first-order valence-corrected chi connectivity index (χ1v) is 8.14. The maximum atomic E-state index is 6.00. The van der Waals surface area contributed by atoms with Gasteiger partial charge >= 0.3 is 0 Å². The number of hydrogen-bond acceptors (Lipinski definition) is 3. The molecule has 3 rings (SSSR count). The average molecular weight is 273 g/mol. The van der Waals surface area contributed by atoms with E-state index in [9.17, 15) is 0 Å². The number of nitrogens with zero attached hydrogens (tertiary/aromatic N) is 2. The molecule has 1 saturated carbocycles. The predicted octanol–water partition coefficient (Wildman–Crippen LogP) is 3.32. The Kier molecular flexibility index (Phi) is 3.97. The molecular formula is C17H27N3. The Hall–Kier alpha value is -1.09. The smallest absolute Gasteiger partial charge is 0.133 e. The molecule has 0 aromatic carbocycles. The van der Waals surface area contributed by atoms with Crippen molar-refractivity contribution in [3.8, 4) is 0 Å². The summed E-state index contributed by atoms with van der Waals surface area (Å²) < 4.78 is 0. The van der Waals surface area contributed by atoms with Gasteiger partial charge in [0.25, 0.3) is 0 Å². The second-order valence-electron chi connectivity index (χ2n) is 6.53. The van der Waals surface area contributed by atoms with Crippen molar-refractivity contribution in [2.45, 2.75) is 65.0 Å². The summed E-state index contributed by atoms with van der Waals surface area (Å²) in [6, 6.07) is 2.86. The molecule has 1 atom stereocenters. The zero-order valence-corrected chi connectivity index (χ0v) is 12.9. The normalized spacial score (nSPS) is 23.8. The van der Waals surface area contributed by atoms with Crippen molar-refractivity contribution in [3.05, 3.63) is 22.9 Å². The lowest BCUT2D eigenvalue weighted by atomic mass is 9.95. The van der Waals surface area contributed by atoms with Crippen LogP contribution in [0.3, 0.4) is 0 Å². The van der Waals surface area contributed by atoms with Gasteiger partial charge in [0.05, 0.1) is 0 Å². The third-order valence-corrected chi connectivity index (χ3v) is 5.17. The molecule has 2 N–H and O–H groups in total. The second-order valence-corrected chi connectivity index (χ2v) is 6.53. The van der Waals surface area contributed by atoms with Crippen molar-refractivity contribution in [3.63, 3.8) is 0 Å². The van der Waals surface area contributed by atoms with E-state index in [4.69, 9.17) is 10.7 Å². The number of hydrogen-bond donors (Lipinski definition) is 1. The van der Waals surface area contributed by atoms with Gasteiger partial charge in [0.2, 0.25) is 0 Å². The first-order valence-electron chi connectivity index (χ1n) is 8.14. The van der Waals surface area contributed by atoms with Crippen molar-refractivity contribution >= 4 is 5.82 Å². The van der Waals surface area contributed by atoms with E-state index in [0.717, 1.165) is 18.2 Å². The van der Waals surface area contributed by atoms with Crippen LogP contribution in [0.25, 0.3) is 0 Å². The molecular weight excluding hydrogens is 246 g/mol. The second kappa shape index (κ2) is 5.72. The molecule has 20 heavy (non-hydrogen) atoms. The quantitative estimate of drug-likeness (QED) is 0.918. The highest BCUT2D eigenvalue weighted by Crippen LogP contribution is 2.38. The van der Waals surface area contributed by atoms with Gasteiger partial charge in [0, 0.05) is 30.4 Å². The van der Waals surface area contributed by atoms with Gasteiger partial charge in [0.1, 0.15) is 5.82 Å². The number of aryl methyl sites for hydroxylation is 2. The average Bonchev–Trinajstić information content (AvgIpc) is 3.08. The minimum atomic E-state index is 0.600. The molecule has 0 amide bonds. The van der Waals surface area contributed by atoms with E-state index in [0.29, 0.717) is 12.6 Å². The summed E-state index contributed by atoms with van der Waals surface area (Å²) in [5.41, 5.74) is 9.67. The third kappa shape index (κ3) is 2.44. The van der Waals surface area contributed by atoms with Crippen LogP contribution >= 0.6 is 0 Å². The van der Waals surface area contributed by atoms with Crippen molar-refractivity contribution in [1.29, 1.82) is 0 Å². The van der Waals surface area contributed by atoms with Crippen LogP contribution in [0.1, 0.15) is 55.3 Å². The lowest BCUT2D eigenvalue weighted by Gasteiger charge is -2.32. The molecule has 1 unspecified atom stereocenters. The van der Waals surface area contributed by atoms with Gasteiger partial charge in [0.15, 0.2) is 0 Å². The lowest BCUT2D eigenvalue weighted by molar-refractivity contribution is 0.428. The van der Waals surface area contributed by atoms with Gasteiger partial charge in [-0.2, -0.15) is 0 Å². The molecule has 3 heteroatoms. The first-order chi connectivity index (χ1) is 9.70. The SMILES string of the molecule is Cc1cc(C)c(CN)c(N2CCCC2C2CCCC2)n1. The van der Waals surface area contributed by atoms with E-state index in [1.807, 2.05) is 0 Å². The summed E-state index contributed by atoms with van der Waals surface area (Å²) in [7, 11) is 0. The molecule has 1 aliphatic carbocycles. The summed E-state index contributed by atoms with van der Waals surface area (Å²) in [4.78, 5) is 7.44. The Labute approximate surface area is 122 Å². The topological polar surface area (TPSA) is 42.1 Å². The van der Waals surface area contributed by atoms with Crippen LogP contribution in [-0.4, -0.2) is 17.6 Å². The van der Waals surface area contributed by atoms with Crippen LogP contribution in [0.5, 0.6) is 0 Å². The van der Waals surface area contributed by atoms with Crippen LogP contribution in [0.2, 0.25) is 0 Å². The number of aromatic nitrogens is 1. The molecule has 3 nitrogen and oxygen atoms in total. The third-order valence-electron chi connectivity index (χ3n) is 5.17. The molecule has 2 heterocycles. The van der Waals surface area contributed by atoms with Gasteiger partial charge in [-0.05, 0) is 57.1 Å². The van der Waals surface area contributed by atoms with Crippen LogP contribution in [0.4, 0.5) is 5.82 Å². The van der Waals surface area contributed by atoms with Crippen molar-refractivity contribution in [1.82, 2.24) is 4.98 Å². The maximum Gasteiger partial charge on any atom is 0.133 e. The monoisotopic (exact) mass is 273 g/mol. The molecule has 1 aromatic rings. The Morgan fingerprint density at radius 1 is 1.20 bits per heavy atom. The minimum Gasteiger partial charge on any atom is -0.353 e. The van der Waals surface area contributed by atoms with Gasteiger partial charge in [-0.1, -0.05) is 12.8 Å². The van der Waals surface area contributed by atoms with Crippen molar-refractivity contribution < 1.29 is 0 Å². The fraction of sp³-hybridized carbons (Fsp3) is 0.706. The molecule has 110 valence electrons. The van der Waals surface area contributed by atoms with E-state index < -0.39 is 0 Å². The highest BCUT2D eigenvalue weighted by molar-refractivity contribution is 5.53. The highest BCUT2D eigenvalue weighted by atomic mass is 15.2. The molecule has 2 aliphatic rings. The molecule has 2 fully saturated rings. The van der Waals surface area contributed by atoms with E-state index in [2.05, 4.69) is 24.8 Å². The Morgan fingerprint density at radius 3 is 2.65 bits per heavy atom. The van der Waals surface area contributed by atoms with E-state index >= 15 is 0 Å². The number of rotatable bonds is 3. The summed E-state index contributed by atoms with van der Waals surface area (Å²) in [6.07, 6.45) is 8.29. The van der Waals surface area contributed by atoms with Gasteiger partial charge in [-0.15, -0.1) is 0 Å². The van der Waals surface area contributed by atoms with Crippen LogP contribution in [0, 0.1) is 19.8 Å². The Morgan fingerprint density at radius 2 is 1.95 bits per heavy atom. The van der Waals surface area contributed by atoms with Crippen LogP contribution in [-0.2, 0) is 6.54 Å². The fourth-order valence-electron chi connectivity index (χ4n) is 4.22. The molecule has 1 saturated heterocycles. The summed E-state index contributed by atoms with van der Waals surface area (Å²) in [5, 5.41) is 0. The molecule has 0 bridgehead atoms. The summed E-state index contributed by atoms with van der Waals surface area (Å²) >= 11 is 0. The number of nitrogens with two attached hydrogens (primary N) is 1. The summed E-state index contributed by atoms with van der Waals surface area (Å²) in [5.74, 6) is 2.06. The lowest BCUT2D eigenvalue weighted by Crippen LogP contribution is -2.36. The Bertz CT molecular complexity index is 477. The fourth-order valence-corrected chi connectivity index (χ4v) is 4.22. The molecule has 1 aromatic heterocycles. The zero-order valence-electron chi connectivity index (χ0n) is 12.9. The highest BCUT2D eigenvalue weighted by Gasteiger charge is 2.35. The van der Waals surface area contributed by atoms with E-state index in [1.165, 1.54) is 55.5 Å². The number of pyridine rings is 1. The van der Waals surface area contributed by atoms with E-state index in [1.54, 1.807) is 0 Å². The van der Waals surface area contributed by atoms with E-state index in [-0.39, 0.29) is 0 Å². The van der Waals surface area contributed by atoms with Gasteiger partial charge < -0.3 is 10.6 Å². The van der Waals surface area contributed by atoms with Crippen molar-refractivity contribution in [2.24, 2.45) is 11.7 Å².